The van der Waals surface area contributed by atoms with Gasteiger partial charge in [0.1, 0.15) is 19.0 Å². The lowest BCUT2D eigenvalue weighted by atomic mass is 9.98. The largest absolute Gasteiger partial charge is 0.497 e. The number of rotatable bonds is 8. The molecule has 37 heavy (non-hydrogen) atoms. The first-order valence-electron chi connectivity index (χ1n) is 12.1. The lowest BCUT2D eigenvalue weighted by molar-refractivity contribution is -0.147. The van der Waals surface area contributed by atoms with Crippen LogP contribution in [-0.4, -0.2) is 25.8 Å². The predicted octanol–water partition coefficient (Wildman–Crippen LogP) is 6.02. The molecule has 0 radical (unpaired) electrons. The van der Waals surface area contributed by atoms with E-state index in [4.69, 9.17) is 14.2 Å². The van der Waals surface area contributed by atoms with Gasteiger partial charge in [-0.05, 0) is 45.5 Å². The van der Waals surface area contributed by atoms with E-state index in [9.17, 15) is 9.59 Å². The van der Waals surface area contributed by atoms with Crippen LogP contribution in [0.3, 0.4) is 0 Å². The number of hydrogen-bond donors (Lipinski definition) is 1. The number of benzene rings is 4. The van der Waals surface area contributed by atoms with Gasteiger partial charge in [-0.25, -0.2) is 9.59 Å². The maximum Gasteiger partial charge on any atom is 0.408 e. The number of methoxy groups -OCH3 is 1. The fourth-order valence-corrected chi connectivity index (χ4v) is 4.64. The highest BCUT2D eigenvalue weighted by atomic mass is 16.6. The number of amides is 1. The molecule has 1 N–H and O–H groups in total. The lowest BCUT2D eigenvalue weighted by Crippen LogP contribution is -2.35. The summed E-state index contributed by atoms with van der Waals surface area (Å²) in [5, 5.41) is 2.70. The van der Waals surface area contributed by atoms with Gasteiger partial charge in [0.25, 0.3) is 0 Å². The summed E-state index contributed by atoms with van der Waals surface area (Å²) in [5.41, 5.74) is 5.94. The van der Waals surface area contributed by atoms with Crippen LogP contribution in [0.4, 0.5) is 4.79 Å². The van der Waals surface area contributed by atoms with Crippen LogP contribution in [0.2, 0.25) is 0 Å². The van der Waals surface area contributed by atoms with E-state index < -0.39 is 18.1 Å². The minimum absolute atomic E-state index is 0.0809. The SMILES string of the molecule is COc1ccc([C@@H](NC(=O)OCC2c3ccccc3-c3ccccc32)C(=O)OCc2ccccc2)cc1. The minimum Gasteiger partial charge on any atom is -0.497 e. The van der Waals surface area contributed by atoms with Crippen molar-refractivity contribution >= 4 is 12.1 Å². The summed E-state index contributed by atoms with van der Waals surface area (Å²) in [4.78, 5) is 26.0. The fraction of sp³-hybridized carbons (Fsp3) is 0.161. The van der Waals surface area contributed by atoms with Crippen molar-refractivity contribution in [2.75, 3.05) is 13.7 Å². The summed E-state index contributed by atoms with van der Waals surface area (Å²) in [6.45, 7) is 0.243. The zero-order valence-corrected chi connectivity index (χ0v) is 20.4. The molecule has 1 aliphatic rings. The topological polar surface area (TPSA) is 73.9 Å². The molecule has 0 heterocycles. The third kappa shape index (κ3) is 5.33. The molecule has 6 nitrogen and oxygen atoms in total. The van der Waals surface area contributed by atoms with Crippen molar-refractivity contribution in [3.05, 3.63) is 125 Å². The maximum absolute atomic E-state index is 13.1. The number of hydrogen-bond acceptors (Lipinski definition) is 5. The van der Waals surface area contributed by atoms with Gasteiger partial charge in [-0.3, -0.25) is 0 Å². The predicted molar refractivity (Wildman–Crippen MR) is 140 cm³/mol. The van der Waals surface area contributed by atoms with Crippen LogP contribution in [-0.2, 0) is 20.9 Å². The molecule has 5 rings (SSSR count). The van der Waals surface area contributed by atoms with Crippen LogP contribution < -0.4 is 10.1 Å². The van der Waals surface area contributed by atoms with E-state index in [1.807, 2.05) is 54.6 Å². The monoisotopic (exact) mass is 493 g/mol. The third-order valence-electron chi connectivity index (χ3n) is 6.51. The highest BCUT2D eigenvalue weighted by Crippen LogP contribution is 2.44. The molecule has 0 unspecified atom stereocenters. The quantitative estimate of drug-likeness (QED) is 0.304. The van der Waals surface area contributed by atoms with Crippen LogP contribution in [0.5, 0.6) is 5.75 Å². The number of ether oxygens (including phenoxy) is 3. The first-order valence-corrected chi connectivity index (χ1v) is 12.1. The van der Waals surface area contributed by atoms with E-state index in [2.05, 4.69) is 29.6 Å². The molecular weight excluding hydrogens is 466 g/mol. The number of esters is 1. The van der Waals surface area contributed by atoms with Gasteiger partial charge in [-0.2, -0.15) is 0 Å². The molecule has 1 aliphatic carbocycles. The van der Waals surface area contributed by atoms with Gasteiger partial charge in [0.05, 0.1) is 7.11 Å². The summed E-state index contributed by atoms with van der Waals surface area (Å²) in [6.07, 6.45) is -0.695. The molecule has 1 atom stereocenters. The Morgan fingerprint density at radius 3 is 1.97 bits per heavy atom. The highest BCUT2D eigenvalue weighted by Gasteiger charge is 2.30. The molecule has 6 heteroatoms. The van der Waals surface area contributed by atoms with Gasteiger partial charge < -0.3 is 19.5 Å². The molecule has 0 spiro atoms. The minimum atomic E-state index is -1.04. The van der Waals surface area contributed by atoms with Gasteiger partial charge in [-0.15, -0.1) is 0 Å². The van der Waals surface area contributed by atoms with Gasteiger partial charge in [0, 0.05) is 5.92 Å². The Morgan fingerprint density at radius 1 is 0.757 bits per heavy atom. The van der Waals surface area contributed by atoms with E-state index >= 15 is 0 Å². The second-order valence-corrected chi connectivity index (χ2v) is 8.77. The third-order valence-corrected chi connectivity index (χ3v) is 6.51. The van der Waals surface area contributed by atoms with Crippen LogP contribution in [0.1, 0.15) is 34.2 Å². The van der Waals surface area contributed by atoms with Gasteiger partial charge in [-0.1, -0.05) is 91.0 Å². The summed E-state index contributed by atoms with van der Waals surface area (Å²) in [7, 11) is 1.57. The van der Waals surface area contributed by atoms with Gasteiger partial charge in [0.15, 0.2) is 6.04 Å². The van der Waals surface area contributed by atoms with Crippen LogP contribution in [0.15, 0.2) is 103 Å². The molecule has 186 valence electrons. The number of nitrogens with one attached hydrogen (secondary N) is 1. The van der Waals surface area contributed by atoms with Crippen molar-refractivity contribution in [2.45, 2.75) is 18.6 Å². The second-order valence-electron chi connectivity index (χ2n) is 8.77. The van der Waals surface area contributed by atoms with E-state index in [-0.39, 0.29) is 19.1 Å². The first-order chi connectivity index (χ1) is 18.1. The number of alkyl carbamates (subject to hydrolysis) is 1. The van der Waals surface area contributed by atoms with Crippen molar-refractivity contribution in [3.63, 3.8) is 0 Å². The Labute approximate surface area is 215 Å². The maximum atomic E-state index is 13.1. The standard InChI is InChI=1S/C31H27NO5/c1-35-23-17-15-22(16-18-23)29(30(33)36-19-21-9-3-2-4-10-21)32-31(34)37-20-28-26-13-7-5-11-24(26)25-12-6-8-14-27(25)28/h2-18,28-29H,19-20H2,1H3,(H,32,34)/t29-/m1/s1. The van der Waals surface area contributed by atoms with E-state index in [0.717, 1.165) is 27.8 Å². The fourth-order valence-electron chi connectivity index (χ4n) is 4.64. The molecule has 0 fully saturated rings. The molecule has 0 saturated carbocycles. The van der Waals surface area contributed by atoms with Crippen molar-refractivity contribution < 1.29 is 23.8 Å². The number of fused-ring (bicyclic) bond motifs is 3. The van der Waals surface area contributed by atoms with E-state index in [1.165, 1.54) is 0 Å². The zero-order valence-electron chi connectivity index (χ0n) is 20.4. The van der Waals surface area contributed by atoms with Crippen molar-refractivity contribution in [2.24, 2.45) is 0 Å². The molecule has 0 bridgehead atoms. The van der Waals surface area contributed by atoms with Crippen molar-refractivity contribution in [1.82, 2.24) is 5.32 Å². The van der Waals surface area contributed by atoms with E-state index in [0.29, 0.717) is 11.3 Å². The highest BCUT2D eigenvalue weighted by molar-refractivity contribution is 5.83. The zero-order chi connectivity index (χ0) is 25.6. The normalized spacial score (nSPS) is 12.7. The Balaban J connectivity index is 1.30. The van der Waals surface area contributed by atoms with Crippen molar-refractivity contribution in [1.29, 1.82) is 0 Å². The molecule has 4 aromatic rings. The van der Waals surface area contributed by atoms with Gasteiger partial charge >= 0.3 is 12.1 Å². The van der Waals surface area contributed by atoms with Crippen molar-refractivity contribution in [3.8, 4) is 16.9 Å². The Kier molecular flexibility index (Phi) is 7.17. The Morgan fingerprint density at radius 2 is 1.35 bits per heavy atom. The van der Waals surface area contributed by atoms with Crippen LogP contribution >= 0.6 is 0 Å². The average Bonchev–Trinajstić information content (AvgIpc) is 3.28. The molecule has 0 aliphatic heterocycles. The van der Waals surface area contributed by atoms with E-state index in [1.54, 1.807) is 31.4 Å². The molecule has 1 amide bonds. The summed E-state index contributed by atoms with van der Waals surface area (Å²) < 4.78 is 16.4. The summed E-state index contributed by atoms with van der Waals surface area (Å²) >= 11 is 0. The lowest BCUT2D eigenvalue weighted by Gasteiger charge is -2.20. The first kappa shape index (κ1) is 24.1. The van der Waals surface area contributed by atoms with Crippen LogP contribution in [0, 0.1) is 0 Å². The Bertz CT molecular complexity index is 1340. The number of carbonyl (C=O) groups is 2. The Hall–Kier alpha value is -4.58. The smallest absolute Gasteiger partial charge is 0.408 e. The molecular formula is C31H27NO5. The van der Waals surface area contributed by atoms with Gasteiger partial charge in [0.2, 0.25) is 0 Å². The molecule has 4 aromatic carbocycles. The molecule has 0 aromatic heterocycles. The average molecular weight is 494 g/mol. The molecule has 0 saturated heterocycles. The summed E-state index contributed by atoms with van der Waals surface area (Å²) in [6, 6.07) is 31.5. The van der Waals surface area contributed by atoms with Crippen LogP contribution in [0.25, 0.3) is 11.1 Å². The summed E-state index contributed by atoms with van der Waals surface area (Å²) in [5.74, 6) is -0.0218. The second kappa shape index (κ2) is 11.0. The number of carbonyl (C=O) groups excluding carboxylic acids is 2.